The molecule has 7 heteroatoms. The Morgan fingerprint density at radius 2 is 2.31 bits per heavy atom. The van der Waals surface area contributed by atoms with E-state index < -0.39 is 5.91 Å². The molecule has 0 saturated heterocycles. The highest BCUT2D eigenvalue weighted by Crippen LogP contribution is 2.24. The maximum Gasteiger partial charge on any atom is 0.252 e. The molecule has 0 aliphatic carbocycles. The number of benzene rings is 1. The first kappa shape index (κ1) is 10.1. The van der Waals surface area contributed by atoms with Crippen molar-refractivity contribution >= 4 is 5.91 Å². The Morgan fingerprint density at radius 3 is 2.88 bits per heavy atom. The van der Waals surface area contributed by atoms with Gasteiger partial charge in [-0.2, -0.15) is 5.21 Å². The molecule has 0 unspecified atom stereocenters. The predicted molar refractivity (Wildman–Crippen MR) is 54.7 cm³/mol. The lowest BCUT2D eigenvalue weighted by molar-refractivity contribution is 0.0997. The van der Waals surface area contributed by atoms with E-state index >= 15 is 0 Å². The molecular weight excluding hydrogens is 210 g/mol. The fourth-order valence-corrected chi connectivity index (χ4v) is 1.32. The highest BCUT2D eigenvalue weighted by Gasteiger charge is 2.11. The lowest BCUT2D eigenvalue weighted by Gasteiger charge is -2.06. The molecule has 0 radical (unpaired) electrons. The molecule has 0 atom stereocenters. The van der Waals surface area contributed by atoms with Crippen molar-refractivity contribution in [2.45, 2.75) is 0 Å². The third-order valence-corrected chi connectivity index (χ3v) is 2.07. The summed E-state index contributed by atoms with van der Waals surface area (Å²) in [6.45, 7) is 0. The van der Waals surface area contributed by atoms with Gasteiger partial charge in [0, 0.05) is 5.56 Å². The molecule has 0 bridgehead atoms. The number of hydrogen-bond donors (Lipinski definition) is 2. The summed E-state index contributed by atoms with van der Waals surface area (Å²) in [7, 11) is 1.46. The Bertz CT molecular complexity index is 509. The van der Waals surface area contributed by atoms with Crippen LogP contribution in [-0.4, -0.2) is 33.6 Å². The Kier molecular flexibility index (Phi) is 2.50. The topological polar surface area (TPSA) is 107 Å². The standard InChI is InChI=1S/C9H9N5O2/c1-16-7-4-5(9-11-13-14-12-9)2-3-6(7)8(10)15/h2-4H,1H3,(H2,10,15)(H,11,12,13,14). The van der Waals surface area contributed by atoms with Crippen molar-refractivity contribution in [2.24, 2.45) is 5.73 Å². The Labute approximate surface area is 90.6 Å². The quantitative estimate of drug-likeness (QED) is 0.754. The van der Waals surface area contributed by atoms with Crippen molar-refractivity contribution in [2.75, 3.05) is 7.11 Å². The maximum atomic E-state index is 11.1. The van der Waals surface area contributed by atoms with Gasteiger partial charge < -0.3 is 10.5 Å². The zero-order valence-corrected chi connectivity index (χ0v) is 8.47. The number of aromatic nitrogens is 4. The van der Waals surface area contributed by atoms with Gasteiger partial charge in [0.25, 0.3) is 5.91 Å². The number of nitrogens with one attached hydrogen (secondary N) is 1. The molecule has 1 aromatic heterocycles. The Balaban J connectivity index is 2.49. The highest BCUT2D eigenvalue weighted by molar-refractivity contribution is 5.96. The number of nitrogens with zero attached hydrogens (tertiary/aromatic N) is 3. The van der Waals surface area contributed by atoms with E-state index in [-0.39, 0.29) is 0 Å². The summed E-state index contributed by atoms with van der Waals surface area (Å²) in [6.07, 6.45) is 0. The van der Waals surface area contributed by atoms with Crippen molar-refractivity contribution < 1.29 is 9.53 Å². The third kappa shape index (κ3) is 1.70. The van der Waals surface area contributed by atoms with Gasteiger partial charge in [-0.3, -0.25) is 4.79 Å². The largest absolute Gasteiger partial charge is 0.496 e. The number of amides is 1. The number of methoxy groups -OCH3 is 1. The van der Waals surface area contributed by atoms with E-state index in [1.807, 2.05) is 0 Å². The molecule has 82 valence electrons. The number of carbonyl (C=O) groups excluding carboxylic acids is 1. The van der Waals surface area contributed by atoms with Crippen LogP contribution in [0.5, 0.6) is 5.75 Å². The van der Waals surface area contributed by atoms with Gasteiger partial charge in [0.05, 0.1) is 12.7 Å². The molecule has 2 aromatic rings. The number of H-pyrrole nitrogens is 1. The lowest BCUT2D eigenvalue weighted by atomic mass is 10.1. The van der Waals surface area contributed by atoms with E-state index in [0.29, 0.717) is 22.7 Å². The molecule has 0 fully saturated rings. The average Bonchev–Trinajstić information content (AvgIpc) is 2.81. The minimum atomic E-state index is -0.545. The molecule has 2 rings (SSSR count). The Morgan fingerprint density at radius 1 is 1.50 bits per heavy atom. The fourth-order valence-electron chi connectivity index (χ4n) is 1.32. The number of ether oxygens (including phenoxy) is 1. The van der Waals surface area contributed by atoms with Gasteiger partial charge in [-0.15, -0.1) is 10.2 Å². The fraction of sp³-hybridized carbons (Fsp3) is 0.111. The van der Waals surface area contributed by atoms with Crippen LogP contribution in [0.3, 0.4) is 0 Å². The number of primary amides is 1. The van der Waals surface area contributed by atoms with Crippen LogP contribution in [-0.2, 0) is 0 Å². The zero-order chi connectivity index (χ0) is 11.5. The summed E-state index contributed by atoms with van der Waals surface area (Å²) in [5.41, 5.74) is 6.20. The lowest BCUT2D eigenvalue weighted by Crippen LogP contribution is -2.12. The molecule has 1 heterocycles. The zero-order valence-electron chi connectivity index (χ0n) is 8.47. The molecule has 0 aliphatic rings. The second-order valence-corrected chi connectivity index (χ2v) is 3.01. The molecular formula is C9H9N5O2. The van der Waals surface area contributed by atoms with Crippen molar-refractivity contribution in [3.8, 4) is 17.1 Å². The van der Waals surface area contributed by atoms with Crippen molar-refractivity contribution in [3.63, 3.8) is 0 Å². The number of tetrazole rings is 1. The predicted octanol–water partition coefficient (Wildman–Crippen LogP) is -0.0258. The Hall–Kier alpha value is -2.44. The molecule has 3 N–H and O–H groups in total. The summed E-state index contributed by atoms with van der Waals surface area (Å²) >= 11 is 0. The maximum absolute atomic E-state index is 11.1. The van der Waals surface area contributed by atoms with Crippen LogP contribution in [0.1, 0.15) is 10.4 Å². The first-order valence-electron chi connectivity index (χ1n) is 4.44. The van der Waals surface area contributed by atoms with Crippen molar-refractivity contribution in [1.82, 2.24) is 20.6 Å². The highest BCUT2D eigenvalue weighted by atomic mass is 16.5. The normalized spacial score (nSPS) is 10.1. The van der Waals surface area contributed by atoms with Crippen LogP contribution in [0, 0.1) is 0 Å². The first-order chi connectivity index (χ1) is 7.72. The molecule has 7 nitrogen and oxygen atoms in total. The van der Waals surface area contributed by atoms with E-state index in [1.165, 1.54) is 7.11 Å². The van der Waals surface area contributed by atoms with Crippen molar-refractivity contribution in [3.05, 3.63) is 23.8 Å². The third-order valence-electron chi connectivity index (χ3n) is 2.07. The van der Waals surface area contributed by atoms with Crippen LogP contribution in [0.4, 0.5) is 0 Å². The molecule has 0 spiro atoms. The van der Waals surface area contributed by atoms with E-state index in [1.54, 1.807) is 18.2 Å². The minimum Gasteiger partial charge on any atom is -0.496 e. The average molecular weight is 219 g/mol. The van der Waals surface area contributed by atoms with Crippen LogP contribution in [0.25, 0.3) is 11.4 Å². The molecule has 16 heavy (non-hydrogen) atoms. The summed E-state index contributed by atoms with van der Waals surface area (Å²) < 4.78 is 5.06. The first-order valence-corrected chi connectivity index (χ1v) is 4.44. The molecule has 1 aromatic carbocycles. The van der Waals surface area contributed by atoms with Crippen LogP contribution < -0.4 is 10.5 Å². The molecule has 0 aliphatic heterocycles. The van der Waals surface area contributed by atoms with Gasteiger partial charge in [-0.05, 0) is 23.4 Å². The summed E-state index contributed by atoms with van der Waals surface area (Å²) in [5, 5.41) is 13.4. The second-order valence-electron chi connectivity index (χ2n) is 3.01. The monoisotopic (exact) mass is 219 g/mol. The summed E-state index contributed by atoms with van der Waals surface area (Å²) in [4.78, 5) is 11.1. The van der Waals surface area contributed by atoms with E-state index in [9.17, 15) is 4.79 Å². The van der Waals surface area contributed by atoms with Gasteiger partial charge >= 0.3 is 0 Å². The minimum absolute atomic E-state index is 0.315. The molecule has 0 saturated carbocycles. The van der Waals surface area contributed by atoms with E-state index in [2.05, 4.69) is 20.6 Å². The second kappa shape index (κ2) is 3.97. The number of nitrogens with two attached hydrogens (primary N) is 1. The number of rotatable bonds is 3. The number of hydrogen-bond acceptors (Lipinski definition) is 5. The smallest absolute Gasteiger partial charge is 0.252 e. The van der Waals surface area contributed by atoms with Crippen molar-refractivity contribution in [1.29, 1.82) is 0 Å². The van der Waals surface area contributed by atoms with Gasteiger partial charge in [0.1, 0.15) is 5.75 Å². The number of aromatic amines is 1. The van der Waals surface area contributed by atoms with Crippen LogP contribution in [0.15, 0.2) is 18.2 Å². The molecule has 1 amide bonds. The van der Waals surface area contributed by atoms with Gasteiger partial charge in [0.2, 0.25) is 5.82 Å². The van der Waals surface area contributed by atoms with Gasteiger partial charge in [0.15, 0.2) is 0 Å². The SMILES string of the molecule is COc1cc(-c2nn[nH]n2)ccc1C(N)=O. The van der Waals surface area contributed by atoms with Crippen LogP contribution >= 0.6 is 0 Å². The van der Waals surface area contributed by atoms with Gasteiger partial charge in [-0.25, -0.2) is 0 Å². The summed E-state index contributed by atoms with van der Waals surface area (Å²) in [6, 6.07) is 4.87. The van der Waals surface area contributed by atoms with E-state index in [4.69, 9.17) is 10.5 Å². The van der Waals surface area contributed by atoms with Crippen LogP contribution in [0.2, 0.25) is 0 Å². The van der Waals surface area contributed by atoms with Gasteiger partial charge in [-0.1, -0.05) is 0 Å². The summed E-state index contributed by atoms with van der Waals surface area (Å²) in [5.74, 6) is 0.264. The number of carbonyl (C=O) groups is 1. The van der Waals surface area contributed by atoms with E-state index in [0.717, 1.165) is 0 Å².